The molecular weight excluding hydrogens is 266 g/mol. The van der Waals surface area contributed by atoms with Gasteiger partial charge in [0.15, 0.2) is 0 Å². The third-order valence-corrected chi connectivity index (χ3v) is 3.52. The second kappa shape index (κ2) is 5.97. The highest BCUT2D eigenvalue weighted by Gasteiger charge is 2.13. The molecule has 0 saturated heterocycles. The molecule has 21 heavy (non-hydrogen) atoms. The first-order chi connectivity index (χ1) is 10.3. The van der Waals surface area contributed by atoms with Crippen molar-refractivity contribution in [2.24, 2.45) is 0 Å². The van der Waals surface area contributed by atoms with Crippen LogP contribution in [-0.4, -0.2) is 33.2 Å². The predicted octanol–water partition coefficient (Wildman–Crippen LogP) is 2.22. The first kappa shape index (κ1) is 13.6. The van der Waals surface area contributed by atoms with E-state index < -0.39 is 0 Å². The molecule has 1 aromatic carbocycles. The Morgan fingerprint density at radius 3 is 2.76 bits per heavy atom. The molecule has 2 heterocycles. The summed E-state index contributed by atoms with van der Waals surface area (Å²) >= 11 is 0. The van der Waals surface area contributed by atoms with Gasteiger partial charge in [-0.1, -0.05) is 12.1 Å². The summed E-state index contributed by atoms with van der Waals surface area (Å²) in [7, 11) is 1.94. The van der Waals surface area contributed by atoms with Crippen LogP contribution in [0, 0.1) is 0 Å². The van der Waals surface area contributed by atoms with Crippen molar-refractivity contribution < 1.29 is 4.52 Å². The number of aromatic nitrogens is 4. The van der Waals surface area contributed by atoms with Crippen LogP contribution < -0.4 is 5.32 Å². The number of hydrogen-bond donors (Lipinski definition) is 1. The minimum absolute atomic E-state index is 0.348. The van der Waals surface area contributed by atoms with Gasteiger partial charge >= 0.3 is 0 Å². The molecule has 0 aliphatic rings. The summed E-state index contributed by atoms with van der Waals surface area (Å²) in [4.78, 5) is 13.0. The fourth-order valence-corrected chi connectivity index (χ4v) is 2.22. The molecule has 6 heteroatoms. The van der Waals surface area contributed by atoms with Crippen LogP contribution >= 0.6 is 0 Å². The molecule has 1 atom stereocenters. The molecule has 0 amide bonds. The maximum absolute atomic E-state index is 5.33. The Balaban J connectivity index is 1.87. The van der Waals surface area contributed by atoms with Crippen LogP contribution in [0.2, 0.25) is 0 Å². The fraction of sp³-hybridized carbons (Fsp3) is 0.333. The summed E-state index contributed by atoms with van der Waals surface area (Å²) in [6.07, 6.45) is 5.09. The Hall–Kier alpha value is -2.34. The first-order valence-electron chi connectivity index (χ1n) is 7.01. The second-order valence-corrected chi connectivity index (χ2v) is 4.87. The first-order valence-corrected chi connectivity index (χ1v) is 7.01. The topological polar surface area (TPSA) is 76.7 Å². The van der Waals surface area contributed by atoms with Crippen molar-refractivity contribution in [2.75, 3.05) is 7.05 Å². The lowest BCUT2D eigenvalue weighted by atomic mass is 10.1. The maximum Gasteiger partial charge on any atom is 0.228 e. The number of benzene rings is 1. The molecular formula is C15H17N5O. The molecule has 6 nitrogen and oxygen atoms in total. The molecule has 0 radical (unpaired) electrons. The Kier molecular flexibility index (Phi) is 3.87. The van der Waals surface area contributed by atoms with Crippen molar-refractivity contribution in [1.29, 1.82) is 0 Å². The van der Waals surface area contributed by atoms with Crippen LogP contribution in [0.4, 0.5) is 0 Å². The maximum atomic E-state index is 5.33. The Morgan fingerprint density at radius 2 is 2.00 bits per heavy atom. The molecule has 1 N–H and O–H groups in total. The third kappa shape index (κ3) is 2.90. The number of nitrogens with zero attached hydrogens (tertiary/aromatic N) is 4. The number of likely N-dealkylation sites (N-methyl/N-ethyl adjacent to an activating group) is 1. The van der Waals surface area contributed by atoms with Crippen molar-refractivity contribution >= 4 is 11.0 Å². The highest BCUT2D eigenvalue weighted by Crippen LogP contribution is 2.20. The van der Waals surface area contributed by atoms with Gasteiger partial charge in [-0.15, -0.1) is 0 Å². The van der Waals surface area contributed by atoms with Crippen LogP contribution in [0.3, 0.4) is 0 Å². The van der Waals surface area contributed by atoms with E-state index in [9.17, 15) is 0 Å². The molecule has 0 spiro atoms. The monoisotopic (exact) mass is 283 g/mol. The van der Waals surface area contributed by atoms with E-state index in [1.54, 1.807) is 12.4 Å². The lowest BCUT2D eigenvalue weighted by Crippen LogP contribution is -2.26. The minimum atomic E-state index is 0.348. The van der Waals surface area contributed by atoms with Gasteiger partial charge in [0, 0.05) is 30.4 Å². The van der Waals surface area contributed by atoms with Crippen molar-refractivity contribution in [1.82, 2.24) is 25.4 Å². The zero-order chi connectivity index (χ0) is 14.7. The second-order valence-electron chi connectivity index (χ2n) is 4.87. The van der Waals surface area contributed by atoms with E-state index in [0.29, 0.717) is 17.8 Å². The zero-order valence-electron chi connectivity index (χ0n) is 12.1. The van der Waals surface area contributed by atoms with Crippen LogP contribution in [0.25, 0.3) is 22.4 Å². The van der Waals surface area contributed by atoms with Crippen molar-refractivity contribution in [3.63, 3.8) is 0 Å². The van der Waals surface area contributed by atoms with Crippen molar-refractivity contribution in [3.8, 4) is 11.4 Å². The van der Waals surface area contributed by atoms with Gasteiger partial charge in [-0.2, -0.15) is 4.98 Å². The summed E-state index contributed by atoms with van der Waals surface area (Å²) < 4.78 is 5.33. The van der Waals surface area contributed by atoms with E-state index >= 15 is 0 Å². The van der Waals surface area contributed by atoms with E-state index in [1.807, 2.05) is 25.2 Å². The minimum Gasteiger partial charge on any atom is -0.339 e. The van der Waals surface area contributed by atoms with E-state index in [-0.39, 0.29) is 0 Å². The molecule has 0 aliphatic heterocycles. The van der Waals surface area contributed by atoms with Crippen molar-refractivity contribution in [2.45, 2.75) is 25.8 Å². The summed E-state index contributed by atoms with van der Waals surface area (Å²) in [6, 6.07) is 6.12. The fourth-order valence-electron chi connectivity index (χ4n) is 2.22. The third-order valence-electron chi connectivity index (χ3n) is 3.52. The highest BCUT2D eigenvalue weighted by atomic mass is 16.5. The van der Waals surface area contributed by atoms with Gasteiger partial charge in [-0.25, -0.2) is 0 Å². The summed E-state index contributed by atoms with van der Waals surface area (Å²) in [5, 5.41) is 7.28. The van der Waals surface area contributed by atoms with E-state index in [4.69, 9.17) is 4.52 Å². The SMILES string of the molecule is CCC(Cc1nc(-c2ccc3nccnc3c2)no1)NC. The summed E-state index contributed by atoms with van der Waals surface area (Å²) in [5.41, 5.74) is 2.56. The number of fused-ring (bicyclic) bond motifs is 1. The van der Waals surface area contributed by atoms with Gasteiger partial charge < -0.3 is 9.84 Å². The zero-order valence-corrected chi connectivity index (χ0v) is 12.1. The lowest BCUT2D eigenvalue weighted by Gasteiger charge is -2.09. The average molecular weight is 283 g/mol. The molecule has 0 aliphatic carbocycles. The van der Waals surface area contributed by atoms with Gasteiger partial charge in [0.1, 0.15) is 0 Å². The Labute approximate surface area is 122 Å². The van der Waals surface area contributed by atoms with Gasteiger partial charge in [-0.3, -0.25) is 9.97 Å². The normalized spacial score (nSPS) is 12.7. The molecule has 0 saturated carbocycles. The van der Waals surface area contributed by atoms with E-state index in [0.717, 1.165) is 29.4 Å². The lowest BCUT2D eigenvalue weighted by molar-refractivity contribution is 0.359. The van der Waals surface area contributed by atoms with Crippen molar-refractivity contribution in [3.05, 3.63) is 36.5 Å². The predicted molar refractivity (Wildman–Crippen MR) is 79.7 cm³/mol. The Bertz CT molecular complexity index is 736. The van der Waals surface area contributed by atoms with E-state index in [2.05, 4.69) is 32.3 Å². The quantitative estimate of drug-likeness (QED) is 0.773. The summed E-state index contributed by atoms with van der Waals surface area (Å²) in [5.74, 6) is 1.23. The van der Waals surface area contributed by atoms with Crippen LogP contribution in [-0.2, 0) is 6.42 Å². The largest absolute Gasteiger partial charge is 0.339 e. The van der Waals surface area contributed by atoms with Gasteiger partial charge in [0.2, 0.25) is 11.7 Å². The smallest absolute Gasteiger partial charge is 0.228 e. The Morgan fingerprint density at radius 1 is 1.19 bits per heavy atom. The standard InChI is InChI=1S/C15H17N5O/c1-3-11(16-2)9-14-19-15(20-21-14)10-4-5-12-13(8-10)18-7-6-17-12/h4-8,11,16H,3,9H2,1-2H3. The van der Waals surface area contributed by atoms with Gasteiger partial charge in [0.25, 0.3) is 0 Å². The molecule has 108 valence electrons. The van der Waals surface area contributed by atoms with Crippen LogP contribution in [0.1, 0.15) is 19.2 Å². The summed E-state index contributed by atoms with van der Waals surface area (Å²) in [6.45, 7) is 2.13. The molecule has 0 fully saturated rings. The molecule has 2 aromatic heterocycles. The van der Waals surface area contributed by atoms with Gasteiger partial charge in [-0.05, 0) is 31.7 Å². The molecule has 0 bridgehead atoms. The highest BCUT2D eigenvalue weighted by molar-refractivity contribution is 5.79. The average Bonchev–Trinajstić information content (AvgIpc) is 3.00. The molecule has 1 unspecified atom stereocenters. The number of hydrogen-bond acceptors (Lipinski definition) is 6. The van der Waals surface area contributed by atoms with Crippen LogP contribution in [0.15, 0.2) is 35.1 Å². The molecule has 3 rings (SSSR count). The number of nitrogens with one attached hydrogen (secondary N) is 1. The van der Waals surface area contributed by atoms with E-state index in [1.165, 1.54) is 0 Å². The van der Waals surface area contributed by atoms with Gasteiger partial charge in [0.05, 0.1) is 11.0 Å². The van der Waals surface area contributed by atoms with Crippen LogP contribution in [0.5, 0.6) is 0 Å². The number of rotatable bonds is 5. The molecule has 3 aromatic rings.